The van der Waals surface area contributed by atoms with Gasteiger partial charge in [-0.15, -0.1) is 12.3 Å². The van der Waals surface area contributed by atoms with Gasteiger partial charge in [-0.2, -0.15) is 0 Å². The molecule has 0 fully saturated rings. The van der Waals surface area contributed by atoms with Crippen LogP contribution >= 0.6 is 0 Å². The smallest absolute Gasteiger partial charge is 0.408 e. The number of ether oxygens (including phenoxy) is 1. The molecule has 28 heavy (non-hydrogen) atoms. The van der Waals surface area contributed by atoms with E-state index in [1.54, 1.807) is 0 Å². The highest BCUT2D eigenvalue weighted by Gasteiger charge is 2.27. The highest BCUT2D eigenvalue weighted by molar-refractivity contribution is 5.89. The Kier molecular flexibility index (Phi) is 10.2. The maximum Gasteiger partial charge on any atom is 0.408 e. The lowest BCUT2D eigenvalue weighted by molar-refractivity contribution is -0.142. The first kappa shape index (κ1) is 23.0. The number of amides is 2. The summed E-state index contributed by atoms with van der Waals surface area (Å²) in [5.74, 6) is 0.849. The lowest BCUT2D eigenvalue weighted by Gasteiger charge is -2.22. The number of rotatable bonds is 11. The molecular weight excluding hydrogens is 360 g/mol. The van der Waals surface area contributed by atoms with Crippen molar-refractivity contribution in [2.24, 2.45) is 5.92 Å². The second-order valence-corrected chi connectivity index (χ2v) is 6.88. The summed E-state index contributed by atoms with van der Waals surface area (Å²) in [4.78, 5) is 36.0. The predicted octanol–water partition coefficient (Wildman–Crippen LogP) is 2.70. The van der Waals surface area contributed by atoms with Crippen molar-refractivity contribution in [1.29, 1.82) is 0 Å². The molecule has 0 aromatic heterocycles. The van der Waals surface area contributed by atoms with Crippen LogP contribution < -0.4 is 10.6 Å². The van der Waals surface area contributed by atoms with Gasteiger partial charge in [-0.05, 0) is 30.7 Å². The van der Waals surface area contributed by atoms with E-state index in [2.05, 4.69) is 16.6 Å². The molecule has 0 saturated carbocycles. The van der Waals surface area contributed by atoms with E-state index in [9.17, 15) is 19.5 Å². The van der Waals surface area contributed by atoms with E-state index in [-0.39, 0.29) is 18.9 Å². The summed E-state index contributed by atoms with van der Waals surface area (Å²) in [7, 11) is 0. The van der Waals surface area contributed by atoms with Crippen molar-refractivity contribution in [2.45, 2.75) is 58.2 Å². The maximum absolute atomic E-state index is 12.6. The average molecular weight is 388 g/mol. The van der Waals surface area contributed by atoms with Crippen LogP contribution in [-0.4, -0.2) is 35.2 Å². The van der Waals surface area contributed by atoms with Crippen LogP contribution in [0, 0.1) is 18.3 Å². The lowest BCUT2D eigenvalue weighted by Crippen LogP contribution is -2.52. The molecular formula is C21H28N2O5. The molecule has 0 heterocycles. The number of unbranched alkanes of at least 4 members (excludes halogenated alkanes) is 1. The van der Waals surface area contributed by atoms with Crippen molar-refractivity contribution in [3.63, 3.8) is 0 Å². The summed E-state index contributed by atoms with van der Waals surface area (Å²) in [6.07, 6.45) is 5.92. The summed E-state index contributed by atoms with van der Waals surface area (Å²) in [5.41, 5.74) is 0.821. The Morgan fingerprint density at radius 3 is 2.39 bits per heavy atom. The zero-order chi connectivity index (χ0) is 20.9. The molecule has 0 aliphatic rings. The zero-order valence-corrected chi connectivity index (χ0v) is 16.3. The Balaban J connectivity index is 2.66. The number of hydrogen-bond donors (Lipinski definition) is 3. The van der Waals surface area contributed by atoms with Crippen LogP contribution in [0.1, 0.15) is 45.1 Å². The summed E-state index contributed by atoms with van der Waals surface area (Å²) >= 11 is 0. The molecule has 1 aromatic rings. The van der Waals surface area contributed by atoms with Gasteiger partial charge in [0, 0.05) is 6.42 Å². The number of carboxylic acid groups (broad SMARTS) is 1. The predicted molar refractivity (Wildman–Crippen MR) is 105 cm³/mol. The first-order chi connectivity index (χ1) is 13.3. The van der Waals surface area contributed by atoms with Crippen LogP contribution in [0.3, 0.4) is 0 Å². The summed E-state index contributed by atoms with van der Waals surface area (Å²) in [6, 6.07) is 7.21. The van der Waals surface area contributed by atoms with E-state index in [4.69, 9.17) is 11.2 Å². The van der Waals surface area contributed by atoms with Gasteiger partial charge in [-0.1, -0.05) is 44.2 Å². The van der Waals surface area contributed by atoms with Crippen molar-refractivity contribution < 1.29 is 24.2 Å². The minimum atomic E-state index is -1.14. The number of benzene rings is 1. The number of carbonyl (C=O) groups is 3. The number of terminal acetylenes is 1. The van der Waals surface area contributed by atoms with Crippen LogP contribution in [0.15, 0.2) is 30.3 Å². The van der Waals surface area contributed by atoms with Crippen molar-refractivity contribution >= 4 is 18.0 Å². The average Bonchev–Trinajstić information content (AvgIpc) is 2.65. The van der Waals surface area contributed by atoms with Gasteiger partial charge < -0.3 is 20.5 Å². The Hall–Kier alpha value is -3.01. The number of aliphatic carboxylic acids is 1. The van der Waals surface area contributed by atoms with E-state index in [0.29, 0.717) is 19.3 Å². The first-order valence-corrected chi connectivity index (χ1v) is 9.27. The number of hydrogen-bond acceptors (Lipinski definition) is 4. The SMILES string of the molecule is C#CCCC[C@H](NC(=O)[C@H](CC(C)C)NC(=O)OCc1ccccc1)C(=O)O. The van der Waals surface area contributed by atoms with Gasteiger partial charge in [-0.3, -0.25) is 4.79 Å². The molecule has 0 spiro atoms. The van der Waals surface area contributed by atoms with Crippen LogP contribution in [0.25, 0.3) is 0 Å². The fraction of sp³-hybridized carbons (Fsp3) is 0.476. The molecule has 0 bridgehead atoms. The van der Waals surface area contributed by atoms with E-state index in [0.717, 1.165) is 5.56 Å². The van der Waals surface area contributed by atoms with Gasteiger partial charge in [0.25, 0.3) is 0 Å². The van der Waals surface area contributed by atoms with E-state index in [1.165, 1.54) is 0 Å². The van der Waals surface area contributed by atoms with Crippen LogP contribution in [0.4, 0.5) is 4.79 Å². The first-order valence-electron chi connectivity index (χ1n) is 9.27. The number of carbonyl (C=O) groups excluding carboxylic acids is 2. The summed E-state index contributed by atoms with van der Waals surface area (Å²) in [6.45, 7) is 3.88. The second-order valence-electron chi connectivity index (χ2n) is 6.88. The molecule has 1 aromatic carbocycles. The number of nitrogens with one attached hydrogen (secondary N) is 2. The third kappa shape index (κ3) is 9.08. The second kappa shape index (κ2) is 12.4. The molecule has 0 aliphatic carbocycles. The molecule has 0 radical (unpaired) electrons. The minimum absolute atomic E-state index is 0.0759. The molecule has 0 aliphatic heterocycles. The monoisotopic (exact) mass is 388 g/mol. The van der Waals surface area contributed by atoms with Crippen molar-refractivity contribution in [1.82, 2.24) is 10.6 Å². The van der Waals surface area contributed by atoms with Gasteiger partial charge in [0.2, 0.25) is 5.91 Å². The molecule has 3 N–H and O–H groups in total. The fourth-order valence-electron chi connectivity index (χ4n) is 2.55. The highest BCUT2D eigenvalue weighted by atomic mass is 16.5. The summed E-state index contributed by atoms with van der Waals surface area (Å²) < 4.78 is 5.15. The lowest BCUT2D eigenvalue weighted by atomic mass is 10.0. The van der Waals surface area contributed by atoms with Crippen LogP contribution in [-0.2, 0) is 20.9 Å². The molecule has 0 unspecified atom stereocenters. The maximum atomic E-state index is 12.6. The third-order valence-corrected chi connectivity index (χ3v) is 3.96. The van der Waals surface area contributed by atoms with Gasteiger partial charge in [-0.25, -0.2) is 9.59 Å². The van der Waals surface area contributed by atoms with Gasteiger partial charge in [0.05, 0.1) is 0 Å². The molecule has 0 saturated heterocycles. The molecule has 2 amide bonds. The quantitative estimate of drug-likeness (QED) is 0.399. The van der Waals surface area contributed by atoms with Crippen molar-refractivity contribution in [2.75, 3.05) is 0 Å². The third-order valence-electron chi connectivity index (χ3n) is 3.96. The van der Waals surface area contributed by atoms with Crippen molar-refractivity contribution in [3.05, 3.63) is 35.9 Å². The van der Waals surface area contributed by atoms with E-state index in [1.807, 2.05) is 44.2 Å². The topological polar surface area (TPSA) is 105 Å². The zero-order valence-electron chi connectivity index (χ0n) is 16.3. The van der Waals surface area contributed by atoms with Crippen molar-refractivity contribution in [3.8, 4) is 12.3 Å². The molecule has 7 heteroatoms. The van der Waals surface area contributed by atoms with Crippen LogP contribution in [0.2, 0.25) is 0 Å². The molecule has 152 valence electrons. The van der Waals surface area contributed by atoms with E-state index >= 15 is 0 Å². The minimum Gasteiger partial charge on any atom is -0.480 e. The molecule has 2 atom stereocenters. The standard InChI is InChI=1S/C21H28N2O5/c1-4-5-7-12-17(20(25)26)22-19(24)18(13-15(2)3)23-21(27)28-14-16-10-8-6-9-11-16/h1,6,8-11,15,17-18H,5,7,12-14H2,2-3H3,(H,22,24)(H,23,27)(H,25,26)/t17-,18-/m0/s1. The highest BCUT2D eigenvalue weighted by Crippen LogP contribution is 2.08. The van der Waals surface area contributed by atoms with Crippen LogP contribution in [0.5, 0.6) is 0 Å². The fourth-order valence-corrected chi connectivity index (χ4v) is 2.55. The Morgan fingerprint density at radius 1 is 1.14 bits per heavy atom. The van der Waals surface area contributed by atoms with Gasteiger partial charge in [0.1, 0.15) is 18.7 Å². The Morgan fingerprint density at radius 2 is 1.82 bits per heavy atom. The molecule has 7 nitrogen and oxygen atoms in total. The Labute approximate surface area is 165 Å². The van der Waals surface area contributed by atoms with E-state index < -0.39 is 30.1 Å². The van der Waals surface area contributed by atoms with Gasteiger partial charge in [0.15, 0.2) is 0 Å². The number of alkyl carbamates (subject to hydrolysis) is 1. The Bertz CT molecular complexity index is 682. The van der Waals surface area contributed by atoms with Gasteiger partial charge >= 0.3 is 12.1 Å². The molecule has 1 rings (SSSR count). The normalized spacial score (nSPS) is 12.5. The largest absolute Gasteiger partial charge is 0.480 e. The number of carboxylic acids is 1. The summed E-state index contributed by atoms with van der Waals surface area (Å²) in [5, 5.41) is 14.3.